The van der Waals surface area contributed by atoms with E-state index in [0.29, 0.717) is 13.1 Å². The molecule has 0 aliphatic carbocycles. The van der Waals surface area contributed by atoms with Crippen LogP contribution in [-0.4, -0.2) is 48.6 Å². The van der Waals surface area contributed by atoms with E-state index in [2.05, 4.69) is 10.1 Å². The molecule has 0 spiro atoms. The number of piperazine rings is 1. The zero-order valence-electron chi connectivity index (χ0n) is 9.66. The maximum atomic E-state index is 11.6. The second-order valence-corrected chi connectivity index (χ2v) is 4.21. The maximum Gasteiger partial charge on any atom is 0.322 e. The Morgan fingerprint density at radius 2 is 2.20 bits per heavy atom. The number of amides is 1. The van der Waals surface area contributed by atoms with E-state index in [1.54, 1.807) is 20.8 Å². The van der Waals surface area contributed by atoms with E-state index in [-0.39, 0.29) is 11.9 Å². The highest BCUT2D eigenvalue weighted by molar-refractivity contribution is 5.87. The Balaban J connectivity index is 2.84. The minimum Gasteiger partial charge on any atom is -0.468 e. The first-order chi connectivity index (χ1) is 6.91. The van der Waals surface area contributed by atoms with Crippen LogP contribution in [0.3, 0.4) is 0 Å². The molecule has 1 heterocycles. The van der Waals surface area contributed by atoms with Gasteiger partial charge in [0.1, 0.15) is 6.04 Å². The molecule has 1 aliphatic heterocycles. The average Bonchev–Trinajstić information content (AvgIpc) is 2.20. The van der Waals surface area contributed by atoms with Crippen LogP contribution in [0.2, 0.25) is 0 Å². The van der Waals surface area contributed by atoms with Crippen molar-refractivity contribution in [3.05, 3.63) is 0 Å². The third-order valence-corrected chi connectivity index (χ3v) is 2.92. The Hall–Kier alpha value is -1.10. The highest BCUT2D eigenvalue weighted by atomic mass is 16.5. The lowest BCUT2D eigenvalue weighted by atomic mass is 9.97. The number of methoxy groups -OCH3 is 1. The van der Waals surface area contributed by atoms with Gasteiger partial charge in [0.25, 0.3) is 0 Å². The summed E-state index contributed by atoms with van der Waals surface area (Å²) in [5, 5.41) is 2.78. The van der Waals surface area contributed by atoms with Crippen molar-refractivity contribution in [3.8, 4) is 0 Å². The SMILES string of the molecule is COC(=O)C(C)N1CCNC(=O)C1(C)C. The van der Waals surface area contributed by atoms with Gasteiger partial charge in [0.15, 0.2) is 0 Å². The van der Waals surface area contributed by atoms with Crippen molar-refractivity contribution in [2.24, 2.45) is 0 Å². The molecule has 1 unspecified atom stereocenters. The van der Waals surface area contributed by atoms with Gasteiger partial charge in [-0.05, 0) is 20.8 Å². The molecule has 15 heavy (non-hydrogen) atoms. The van der Waals surface area contributed by atoms with Crippen molar-refractivity contribution in [2.45, 2.75) is 32.4 Å². The topological polar surface area (TPSA) is 58.6 Å². The third kappa shape index (κ3) is 2.12. The van der Waals surface area contributed by atoms with Crippen LogP contribution in [0.15, 0.2) is 0 Å². The molecule has 1 N–H and O–H groups in total. The predicted molar refractivity (Wildman–Crippen MR) is 55.3 cm³/mol. The number of nitrogens with zero attached hydrogens (tertiary/aromatic N) is 1. The molecule has 0 radical (unpaired) electrons. The van der Waals surface area contributed by atoms with Gasteiger partial charge in [0, 0.05) is 13.1 Å². The smallest absolute Gasteiger partial charge is 0.322 e. The molecule has 1 amide bonds. The fourth-order valence-electron chi connectivity index (χ4n) is 1.89. The fraction of sp³-hybridized carbons (Fsp3) is 0.800. The van der Waals surface area contributed by atoms with Gasteiger partial charge < -0.3 is 10.1 Å². The third-order valence-electron chi connectivity index (χ3n) is 2.92. The van der Waals surface area contributed by atoms with Crippen molar-refractivity contribution in [1.82, 2.24) is 10.2 Å². The zero-order chi connectivity index (χ0) is 11.6. The minimum atomic E-state index is -0.661. The van der Waals surface area contributed by atoms with Gasteiger partial charge in [-0.2, -0.15) is 0 Å². The first kappa shape index (κ1) is 12.0. The van der Waals surface area contributed by atoms with Crippen molar-refractivity contribution in [3.63, 3.8) is 0 Å². The number of hydrogen-bond donors (Lipinski definition) is 1. The van der Waals surface area contributed by atoms with Gasteiger partial charge >= 0.3 is 5.97 Å². The minimum absolute atomic E-state index is 0.0514. The average molecular weight is 214 g/mol. The molecular weight excluding hydrogens is 196 g/mol. The molecule has 86 valence electrons. The Morgan fingerprint density at radius 1 is 1.60 bits per heavy atom. The summed E-state index contributed by atoms with van der Waals surface area (Å²) in [6.07, 6.45) is 0. The Labute approximate surface area is 89.8 Å². The summed E-state index contributed by atoms with van der Waals surface area (Å²) in [5.41, 5.74) is -0.661. The molecule has 5 heteroatoms. The van der Waals surface area contributed by atoms with Crippen LogP contribution in [0.25, 0.3) is 0 Å². The van der Waals surface area contributed by atoms with E-state index in [9.17, 15) is 9.59 Å². The molecule has 1 fully saturated rings. The molecule has 0 saturated carbocycles. The summed E-state index contributed by atoms with van der Waals surface area (Å²) in [5.74, 6) is -0.359. The summed E-state index contributed by atoms with van der Waals surface area (Å²) < 4.78 is 4.68. The summed E-state index contributed by atoms with van der Waals surface area (Å²) >= 11 is 0. The first-order valence-corrected chi connectivity index (χ1v) is 5.04. The lowest BCUT2D eigenvalue weighted by Crippen LogP contribution is -2.65. The molecule has 1 saturated heterocycles. The number of carbonyl (C=O) groups excluding carboxylic acids is 2. The van der Waals surface area contributed by atoms with E-state index in [1.165, 1.54) is 7.11 Å². The van der Waals surface area contributed by atoms with Gasteiger partial charge in [0.2, 0.25) is 5.91 Å². The highest BCUT2D eigenvalue weighted by Gasteiger charge is 2.42. The van der Waals surface area contributed by atoms with Crippen LogP contribution in [-0.2, 0) is 14.3 Å². The zero-order valence-corrected chi connectivity index (χ0v) is 9.66. The van der Waals surface area contributed by atoms with Crippen molar-refractivity contribution in [2.75, 3.05) is 20.2 Å². The normalized spacial score (nSPS) is 23.1. The predicted octanol–water partition coefficient (Wildman–Crippen LogP) is -0.242. The second kappa shape index (κ2) is 4.18. The molecule has 1 rings (SSSR count). The van der Waals surface area contributed by atoms with E-state index in [4.69, 9.17) is 0 Å². The van der Waals surface area contributed by atoms with Crippen LogP contribution in [0.5, 0.6) is 0 Å². The number of nitrogens with one attached hydrogen (secondary N) is 1. The second-order valence-electron chi connectivity index (χ2n) is 4.21. The van der Waals surface area contributed by atoms with Gasteiger partial charge in [-0.3, -0.25) is 14.5 Å². The lowest BCUT2D eigenvalue weighted by molar-refractivity contribution is -0.153. The number of carbonyl (C=O) groups is 2. The van der Waals surface area contributed by atoms with Crippen molar-refractivity contribution < 1.29 is 14.3 Å². The van der Waals surface area contributed by atoms with Crippen molar-refractivity contribution >= 4 is 11.9 Å². The highest BCUT2D eigenvalue weighted by Crippen LogP contribution is 2.20. The van der Waals surface area contributed by atoms with Gasteiger partial charge in [-0.15, -0.1) is 0 Å². The van der Waals surface area contributed by atoms with Gasteiger partial charge in [-0.25, -0.2) is 0 Å². The Bertz CT molecular complexity index is 276. The molecule has 0 aromatic heterocycles. The fourth-order valence-corrected chi connectivity index (χ4v) is 1.89. The number of esters is 1. The standard InChI is InChI=1S/C10H18N2O3/c1-7(8(13)15-4)12-6-5-11-9(14)10(12,2)3/h7H,5-6H2,1-4H3,(H,11,14). The number of rotatable bonds is 2. The van der Waals surface area contributed by atoms with Crippen LogP contribution < -0.4 is 5.32 Å². The molecule has 0 aromatic carbocycles. The molecule has 0 bridgehead atoms. The summed E-state index contributed by atoms with van der Waals surface area (Å²) in [4.78, 5) is 24.9. The van der Waals surface area contributed by atoms with Crippen LogP contribution in [0.1, 0.15) is 20.8 Å². The van der Waals surface area contributed by atoms with Gasteiger partial charge in [-0.1, -0.05) is 0 Å². The van der Waals surface area contributed by atoms with Gasteiger partial charge in [0.05, 0.1) is 12.6 Å². The van der Waals surface area contributed by atoms with Crippen molar-refractivity contribution in [1.29, 1.82) is 0 Å². The molecule has 1 aliphatic rings. The summed E-state index contributed by atoms with van der Waals surface area (Å²) in [7, 11) is 1.36. The number of hydrogen-bond acceptors (Lipinski definition) is 4. The van der Waals surface area contributed by atoms with E-state index in [1.807, 2.05) is 4.90 Å². The van der Waals surface area contributed by atoms with Crippen LogP contribution >= 0.6 is 0 Å². The molecule has 1 atom stereocenters. The van der Waals surface area contributed by atoms with E-state index >= 15 is 0 Å². The first-order valence-electron chi connectivity index (χ1n) is 5.04. The Morgan fingerprint density at radius 3 is 2.73 bits per heavy atom. The monoisotopic (exact) mass is 214 g/mol. The molecule has 5 nitrogen and oxygen atoms in total. The lowest BCUT2D eigenvalue weighted by Gasteiger charge is -2.43. The number of ether oxygens (including phenoxy) is 1. The molecule has 0 aromatic rings. The summed E-state index contributed by atoms with van der Waals surface area (Å²) in [6.45, 7) is 6.60. The largest absolute Gasteiger partial charge is 0.468 e. The summed E-state index contributed by atoms with van der Waals surface area (Å²) in [6, 6.07) is -0.393. The van der Waals surface area contributed by atoms with Crippen LogP contribution in [0.4, 0.5) is 0 Å². The quantitative estimate of drug-likeness (QED) is 0.644. The Kier molecular flexibility index (Phi) is 3.34. The molecular formula is C10H18N2O3. The maximum absolute atomic E-state index is 11.6. The van der Waals surface area contributed by atoms with E-state index < -0.39 is 11.6 Å². The van der Waals surface area contributed by atoms with E-state index in [0.717, 1.165) is 0 Å². The van der Waals surface area contributed by atoms with Crippen LogP contribution in [0, 0.1) is 0 Å².